The smallest absolute Gasteiger partial charge is 0.152 e. The monoisotopic (exact) mass is 457 g/mol. The summed E-state index contributed by atoms with van der Waals surface area (Å²) in [6.07, 6.45) is 27.8. The summed E-state index contributed by atoms with van der Waals surface area (Å²) in [5.74, 6) is 0.628. The molecule has 182 valence electrons. The van der Waals surface area contributed by atoms with Crippen LogP contribution in [0.1, 0.15) is 101 Å². The molecule has 34 heavy (non-hydrogen) atoms. The average molecular weight is 458 g/mol. The zero-order valence-electron chi connectivity index (χ0n) is 21.8. The fraction of sp³-hybridized carbons (Fsp3) is 0.438. The van der Waals surface area contributed by atoms with Crippen LogP contribution in [0.25, 0.3) is 5.57 Å². The van der Waals surface area contributed by atoms with Crippen LogP contribution in [0.4, 0.5) is 0 Å². The summed E-state index contributed by atoms with van der Waals surface area (Å²) in [6, 6.07) is 1.98. The maximum Gasteiger partial charge on any atom is 0.152 e. The van der Waals surface area contributed by atoms with Gasteiger partial charge in [0.2, 0.25) is 0 Å². The van der Waals surface area contributed by atoms with E-state index in [1.807, 2.05) is 6.07 Å². The normalized spacial score (nSPS) is 15.6. The van der Waals surface area contributed by atoms with Gasteiger partial charge in [0.1, 0.15) is 0 Å². The SMILES string of the molecule is C=C(/C=C\C(=C/CC)C(=C1CCC1)c1ccncc1C=O)CCCC(/C=C\C)=C/C(C)CCC. The largest absolute Gasteiger partial charge is 0.298 e. The number of aromatic nitrogens is 1. The van der Waals surface area contributed by atoms with Gasteiger partial charge in [0.05, 0.1) is 0 Å². The van der Waals surface area contributed by atoms with Crippen molar-refractivity contribution in [3.05, 3.63) is 94.9 Å². The lowest BCUT2D eigenvalue weighted by atomic mass is 9.80. The van der Waals surface area contributed by atoms with Crippen LogP contribution in [0.5, 0.6) is 0 Å². The zero-order chi connectivity index (χ0) is 24.8. The van der Waals surface area contributed by atoms with Crippen LogP contribution in [-0.2, 0) is 0 Å². The van der Waals surface area contributed by atoms with Gasteiger partial charge < -0.3 is 0 Å². The summed E-state index contributed by atoms with van der Waals surface area (Å²) < 4.78 is 0. The van der Waals surface area contributed by atoms with E-state index in [0.29, 0.717) is 11.5 Å². The molecule has 0 radical (unpaired) electrons. The van der Waals surface area contributed by atoms with E-state index < -0.39 is 0 Å². The topological polar surface area (TPSA) is 30.0 Å². The number of carbonyl (C=O) groups excluding carboxylic acids is 1. The predicted octanol–water partition coefficient (Wildman–Crippen LogP) is 9.39. The Kier molecular flexibility index (Phi) is 12.3. The third-order valence-electron chi connectivity index (χ3n) is 6.36. The number of hydrogen-bond donors (Lipinski definition) is 0. The van der Waals surface area contributed by atoms with Crippen LogP contribution < -0.4 is 0 Å². The molecule has 2 rings (SSSR count). The quantitative estimate of drug-likeness (QED) is 0.206. The minimum absolute atomic E-state index is 0.628. The number of pyridine rings is 1. The first kappa shape index (κ1) is 27.5. The van der Waals surface area contributed by atoms with Crippen molar-refractivity contribution in [2.75, 3.05) is 0 Å². The fourth-order valence-corrected chi connectivity index (χ4v) is 4.51. The molecule has 1 aromatic rings. The second-order valence-corrected chi connectivity index (χ2v) is 9.33. The molecule has 1 fully saturated rings. The molecule has 0 saturated heterocycles. The molecule has 0 N–H and O–H groups in total. The molecule has 0 bridgehead atoms. The molecule has 0 spiro atoms. The Labute approximate surface area is 208 Å². The average Bonchev–Trinajstić information content (AvgIpc) is 2.79. The van der Waals surface area contributed by atoms with E-state index in [0.717, 1.165) is 55.9 Å². The summed E-state index contributed by atoms with van der Waals surface area (Å²) in [5.41, 5.74) is 8.07. The predicted molar refractivity (Wildman–Crippen MR) is 148 cm³/mol. The summed E-state index contributed by atoms with van der Waals surface area (Å²) >= 11 is 0. The standard InChI is InChI=1S/C32H43NO/c1-6-11-26(5)22-27(12-7-2)15-9-14-25(4)18-19-28(13-8-3)32(29-16-10-17-29)31-20-21-33-23-30(31)24-34/h7,12-13,18-24,26H,4,6,8-11,14-17H2,1-3,5H3/b12-7-,19-18-,27-22+,28-13+. The van der Waals surface area contributed by atoms with Crippen molar-refractivity contribution in [1.82, 2.24) is 4.98 Å². The number of aldehydes is 1. The van der Waals surface area contributed by atoms with Crippen LogP contribution in [0.15, 0.2) is 83.8 Å². The van der Waals surface area contributed by atoms with Gasteiger partial charge in [0, 0.05) is 18.0 Å². The highest BCUT2D eigenvalue weighted by atomic mass is 16.1. The molecule has 2 nitrogen and oxygen atoms in total. The van der Waals surface area contributed by atoms with Crippen LogP contribution in [0.2, 0.25) is 0 Å². The van der Waals surface area contributed by atoms with Gasteiger partial charge in [-0.2, -0.15) is 0 Å². The fourth-order valence-electron chi connectivity index (χ4n) is 4.51. The van der Waals surface area contributed by atoms with Gasteiger partial charge in [-0.3, -0.25) is 9.78 Å². The molecule has 1 atom stereocenters. The van der Waals surface area contributed by atoms with Crippen molar-refractivity contribution in [1.29, 1.82) is 0 Å². The van der Waals surface area contributed by atoms with Gasteiger partial charge in [-0.15, -0.1) is 0 Å². The maximum atomic E-state index is 11.7. The number of rotatable bonds is 14. The maximum absolute atomic E-state index is 11.7. The van der Waals surface area contributed by atoms with E-state index in [1.165, 1.54) is 41.6 Å². The van der Waals surface area contributed by atoms with Crippen molar-refractivity contribution in [2.45, 2.75) is 85.5 Å². The van der Waals surface area contributed by atoms with Crippen molar-refractivity contribution < 1.29 is 4.79 Å². The molecule has 0 aromatic carbocycles. The van der Waals surface area contributed by atoms with Crippen LogP contribution in [0.3, 0.4) is 0 Å². The Hall–Kier alpha value is -2.74. The summed E-state index contributed by atoms with van der Waals surface area (Å²) in [5, 5.41) is 0. The highest BCUT2D eigenvalue weighted by Gasteiger charge is 2.20. The Morgan fingerprint density at radius 3 is 2.59 bits per heavy atom. The molecule has 2 heteroatoms. The second kappa shape index (κ2) is 15.2. The first-order valence-electron chi connectivity index (χ1n) is 13.0. The summed E-state index contributed by atoms with van der Waals surface area (Å²) in [6.45, 7) is 13.1. The van der Waals surface area contributed by atoms with Gasteiger partial charge in [-0.1, -0.05) is 86.9 Å². The van der Waals surface area contributed by atoms with Crippen LogP contribution in [0, 0.1) is 5.92 Å². The molecule has 1 heterocycles. The number of carbonyl (C=O) groups is 1. The Bertz CT molecular complexity index is 964. The highest BCUT2D eigenvalue weighted by Crippen LogP contribution is 2.39. The molecular formula is C32H43NO. The first-order chi connectivity index (χ1) is 16.5. The lowest BCUT2D eigenvalue weighted by molar-refractivity contribution is 0.112. The van der Waals surface area contributed by atoms with E-state index >= 15 is 0 Å². The molecule has 0 amide bonds. The van der Waals surface area contributed by atoms with Gasteiger partial charge in [-0.05, 0) is 87.0 Å². The summed E-state index contributed by atoms with van der Waals surface area (Å²) in [4.78, 5) is 15.9. The van der Waals surface area contributed by atoms with E-state index in [2.05, 4.69) is 75.7 Å². The van der Waals surface area contributed by atoms with Gasteiger partial charge in [0.15, 0.2) is 6.29 Å². The first-order valence-corrected chi connectivity index (χ1v) is 13.0. The van der Waals surface area contributed by atoms with Crippen molar-refractivity contribution in [2.24, 2.45) is 5.92 Å². The van der Waals surface area contributed by atoms with Crippen molar-refractivity contribution in [3.8, 4) is 0 Å². The third-order valence-corrected chi connectivity index (χ3v) is 6.36. The molecule has 1 saturated carbocycles. The van der Waals surface area contributed by atoms with Gasteiger partial charge >= 0.3 is 0 Å². The molecular weight excluding hydrogens is 414 g/mol. The number of nitrogens with zero attached hydrogens (tertiary/aromatic N) is 1. The Balaban J connectivity index is 2.13. The second-order valence-electron chi connectivity index (χ2n) is 9.33. The minimum Gasteiger partial charge on any atom is -0.298 e. The van der Waals surface area contributed by atoms with E-state index in [-0.39, 0.29) is 0 Å². The van der Waals surface area contributed by atoms with Crippen LogP contribution in [-0.4, -0.2) is 11.3 Å². The van der Waals surface area contributed by atoms with E-state index in [9.17, 15) is 4.79 Å². The zero-order valence-corrected chi connectivity index (χ0v) is 21.8. The van der Waals surface area contributed by atoms with Gasteiger partial charge in [0.25, 0.3) is 0 Å². The summed E-state index contributed by atoms with van der Waals surface area (Å²) in [7, 11) is 0. The molecule has 0 aliphatic heterocycles. The van der Waals surface area contributed by atoms with Crippen molar-refractivity contribution >= 4 is 11.9 Å². The molecule has 1 aliphatic rings. The van der Waals surface area contributed by atoms with Gasteiger partial charge in [-0.25, -0.2) is 0 Å². The highest BCUT2D eigenvalue weighted by molar-refractivity contribution is 5.93. The Morgan fingerprint density at radius 1 is 1.18 bits per heavy atom. The lowest BCUT2D eigenvalue weighted by Crippen LogP contribution is -2.05. The Morgan fingerprint density at radius 2 is 1.97 bits per heavy atom. The third kappa shape index (κ3) is 8.56. The number of allylic oxidation sites excluding steroid dienone is 11. The molecule has 1 aromatic heterocycles. The number of hydrogen-bond acceptors (Lipinski definition) is 2. The molecule has 1 unspecified atom stereocenters. The van der Waals surface area contributed by atoms with E-state index in [1.54, 1.807) is 12.4 Å². The minimum atomic E-state index is 0.628. The van der Waals surface area contributed by atoms with Crippen molar-refractivity contribution in [3.63, 3.8) is 0 Å². The van der Waals surface area contributed by atoms with E-state index in [4.69, 9.17) is 0 Å². The van der Waals surface area contributed by atoms with Crippen LogP contribution >= 0.6 is 0 Å². The lowest BCUT2D eigenvalue weighted by Gasteiger charge is -2.24. The molecule has 1 aliphatic carbocycles.